The van der Waals surface area contributed by atoms with Gasteiger partial charge in [-0.05, 0) is 67.8 Å². The zero-order valence-electron chi connectivity index (χ0n) is 17.3. The molecule has 0 atom stereocenters. The van der Waals surface area contributed by atoms with Crippen molar-refractivity contribution < 1.29 is 13.7 Å². The van der Waals surface area contributed by atoms with Gasteiger partial charge >= 0.3 is 0 Å². The molecule has 1 heterocycles. The largest absolute Gasteiger partial charge is 0.339 e. The first-order chi connectivity index (χ1) is 14.4. The van der Waals surface area contributed by atoms with Crippen LogP contribution in [0.15, 0.2) is 40.9 Å². The summed E-state index contributed by atoms with van der Waals surface area (Å²) >= 11 is 0. The Morgan fingerprint density at radius 2 is 1.93 bits per heavy atom. The number of rotatable bonds is 7. The fraction of sp³-hybridized carbons (Fsp3) is 0.304. The highest BCUT2D eigenvalue weighted by Gasteiger charge is 2.18. The minimum absolute atomic E-state index is 0.120. The molecule has 0 bridgehead atoms. The Bertz CT molecular complexity index is 1100. The molecule has 0 aliphatic rings. The van der Waals surface area contributed by atoms with E-state index in [1.54, 1.807) is 24.0 Å². The first-order valence-electron chi connectivity index (χ1n) is 9.72. The summed E-state index contributed by atoms with van der Waals surface area (Å²) in [4.78, 5) is 18.8. The summed E-state index contributed by atoms with van der Waals surface area (Å²) in [6.07, 6.45) is 0.690. The molecule has 3 aromatic rings. The van der Waals surface area contributed by atoms with Crippen LogP contribution in [0.25, 0.3) is 11.4 Å². The monoisotopic (exact) mass is 406 g/mol. The molecule has 3 rings (SSSR count). The van der Waals surface area contributed by atoms with Crippen molar-refractivity contribution in [3.05, 3.63) is 64.8 Å². The SMILES string of the molecule is Cc1ccc(N(CCC#N)C(=O)CCc2nc(-c3ccc(F)c(C)c3)no2)cc1C. The van der Waals surface area contributed by atoms with Crippen LogP contribution in [0.1, 0.15) is 35.4 Å². The number of carbonyl (C=O) groups is 1. The highest BCUT2D eigenvalue weighted by molar-refractivity contribution is 5.93. The fourth-order valence-electron chi connectivity index (χ4n) is 3.06. The zero-order valence-corrected chi connectivity index (χ0v) is 17.3. The third-order valence-electron chi connectivity index (χ3n) is 4.99. The van der Waals surface area contributed by atoms with E-state index >= 15 is 0 Å². The minimum atomic E-state index is -0.295. The van der Waals surface area contributed by atoms with E-state index in [0.29, 0.717) is 29.4 Å². The molecule has 0 radical (unpaired) electrons. The molecular formula is C23H23FN4O2. The second kappa shape index (κ2) is 9.31. The lowest BCUT2D eigenvalue weighted by Crippen LogP contribution is -2.32. The van der Waals surface area contributed by atoms with Crippen molar-refractivity contribution in [1.82, 2.24) is 10.1 Å². The van der Waals surface area contributed by atoms with Crippen molar-refractivity contribution in [3.63, 3.8) is 0 Å². The quantitative estimate of drug-likeness (QED) is 0.569. The van der Waals surface area contributed by atoms with Crippen molar-refractivity contribution in [2.45, 2.75) is 40.0 Å². The minimum Gasteiger partial charge on any atom is -0.339 e. The Labute approximate surface area is 174 Å². The van der Waals surface area contributed by atoms with Gasteiger partial charge in [0.1, 0.15) is 5.82 Å². The molecule has 0 fully saturated rings. The van der Waals surface area contributed by atoms with Crippen molar-refractivity contribution in [3.8, 4) is 17.5 Å². The van der Waals surface area contributed by atoms with E-state index in [1.807, 2.05) is 32.0 Å². The molecule has 7 heteroatoms. The van der Waals surface area contributed by atoms with E-state index in [-0.39, 0.29) is 31.0 Å². The molecule has 2 aromatic carbocycles. The normalized spacial score (nSPS) is 10.6. The van der Waals surface area contributed by atoms with Crippen LogP contribution in [0.4, 0.5) is 10.1 Å². The number of nitriles is 1. The summed E-state index contributed by atoms with van der Waals surface area (Å²) in [5.74, 6) is 0.277. The van der Waals surface area contributed by atoms with Crippen LogP contribution >= 0.6 is 0 Å². The number of aryl methyl sites for hydroxylation is 4. The van der Waals surface area contributed by atoms with Gasteiger partial charge in [0.25, 0.3) is 0 Å². The number of benzene rings is 2. The number of hydrogen-bond acceptors (Lipinski definition) is 5. The van der Waals surface area contributed by atoms with Crippen molar-refractivity contribution in [2.24, 2.45) is 0 Å². The Morgan fingerprint density at radius 1 is 1.13 bits per heavy atom. The molecule has 0 aliphatic heterocycles. The summed E-state index contributed by atoms with van der Waals surface area (Å²) in [6, 6.07) is 12.5. The molecular weight excluding hydrogens is 383 g/mol. The number of amides is 1. The standard InChI is InChI=1S/C23H23FN4O2/c1-15-5-7-19(14-16(15)2)28(12-4-11-25)22(29)10-9-21-26-23(27-30-21)18-6-8-20(24)17(3)13-18/h5-8,13-14H,4,9-10,12H2,1-3H3. The van der Waals surface area contributed by atoms with E-state index in [1.165, 1.54) is 6.07 Å². The lowest BCUT2D eigenvalue weighted by molar-refractivity contribution is -0.118. The highest BCUT2D eigenvalue weighted by Crippen LogP contribution is 2.22. The highest BCUT2D eigenvalue weighted by atomic mass is 19.1. The van der Waals surface area contributed by atoms with Crippen LogP contribution in [0.2, 0.25) is 0 Å². The molecule has 0 aliphatic carbocycles. The third-order valence-corrected chi connectivity index (χ3v) is 4.99. The average molecular weight is 406 g/mol. The maximum atomic E-state index is 13.5. The van der Waals surface area contributed by atoms with Gasteiger partial charge in [-0.1, -0.05) is 11.2 Å². The molecule has 30 heavy (non-hydrogen) atoms. The van der Waals surface area contributed by atoms with Gasteiger partial charge in [0, 0.05) is 30.6 Å². The number of carbonyl (C=O) groups excluding carboxylic acids is 1. The third kappa shape index (κ3) is 4.90. The number of nitrogens with zero attached hydrogens (tertiary/aromatic N) is 4. The second-order valence-electron chi connectivity index (χ2n) is 7.20. The lowest BCUT2D eigenvalue weighted by atomic mass is 10.1. The van der Waals surface area contributed by atoms with Crippen molar-refractivity contribution in [2.75, 3.05) is 11.4 Å². The van der Waals surface area contributed by atoms with Gasteiger partial charge in [0.2, 0.25) is 17.6 Å². The van der Waals surface area contributed by atoms with Gasteiger partial charge in [-0.2, -0.15) is 10.2 Å². The molecule has 0 saturated heterocycles. The summed E-state index contributed by atoms with van der Waals surface area (Å²) in [6.45, 7) is 5.99. The van der Waals surface area contributed by atoms with Gasteiger partial charge in [0.15, 0.2) is 0 Å². The van der Waals surface area contributed by atoms with Crippen LogP contribution in [0.3, 0.4) is 0 Å². The number of halogens is 1. The zero-order chi connectivity index (χ0) is 21.7. The Hall–Kier alpha value is -3.53. The smallest absolute Gasteiger partial charge is 0.227 e. The molecule has 1 amide bonds. The van der Waals surface area contributed by atoms with Gasteiger partial charge < -0.3 is 9.42 Å². The van der Waals surface area contributed by atoms with Gasteiger partial charge in [-0.25, -0.2) is 4.39 Å². The molecule has 0 N–H and O–H groups in total. The van der Waals surface area contributed by atoms with E-state index < -0.39 is 0 Å². The predicted octanol–water partition coefficient (Wildman–Crippen LogP) is 4.68. The Morgan fingerprint density at radius 3 is 2.63 bits per heavy atom. The van der Waals surface area contributed by atoms with E-state index in [2.05, 4.69) is 16.2 Å². The number of hydrogen-bond donors (Lipinski definition) is 0. The van der Waals surface area contributed by atoms with E-state index in [9.17, 15) is 9.18 Å². The first kappa shape index (κ1) is 21.2. The van der Waals surface area contributed by atoms with Gasteiger partial charge in [0.05, 0.1) is 12.5 Å². The molecule has 0 saturated carbocycles. The molecule has 0 unspecified atom stereocenters. The number of aromatic nitrogens is 2. The molecule has 0 spiro atoms. The van der Waals surface area contributed by atoms with Crippen molar-refractivity contribution >= 4 is 11.6 Å². The van der Waals surface area contributed by atoms with Gasteiger partial charge in [-0.15, -0.1) is 0 Å². The topological polar surface area (TPSA) is 83.0 Å². The van der Waals surface area contributed by atoms with Crippen molar-refractivity contribution in [1.29, 1.82) is 5.26 Å². The summed E-state index contributed by atoms with van der Waals surface area (Å²) in [7, 11) is 0. The fourth-order valence-corrected chi connectivity index (χ4v) is 3.06. The van der Waals surface area contributed by atoms with E-state index in [0.717, 1.165) is 16.8 Å². The Balaban J connectivity index is 1.70. The van der Waals surface area contributed by atoms with Gasteiger partial charge in [-0.3, -0.25) is 4.79 Å². The number of anilines is 1. The Kier molecular flexibility index (Phi) is 6.58. The predicted molar refractivity (Wildman–Crippen MR) is 111 cm³/mol. The maximum absolute atomic E-state index is 13.5. The summed E-state index contributed by atoms with van der Waals surface area (Å²) < 4.78 is 18.7. The average Bonchev–Trinajstić information content (AvgIpc) is 3.20. The molecule has 6 nitrogen and oxygen atoms in total. The van der Waals surface area contributed by atoms with Crippen LogP contribution in [-0.2, 0) is 11.2 Å². The summed E-state index contributed by atoms with van der Waals surface area (Å²) in [5.41, 5.74) is 4.14. The first-order valence-corrected chi connectivity index (χ1v) is 9.72. The van der Waals surface area contributed by atoms with Crippen LogP contribution in [0.5, 0.6) is 0 Å². The van der Waals surface area contributed by atoms with Crippen LogP contribution in [0, 0.1) is 37.9 Å². The van der Waals surface area contributed by atoms with Crippen LogP contribution < -0.4 is 4.90 Å². The maximum Gasteiger partial charge on any atom is 0.227 e. The summed E-state index contributed by atoms with van der Waals surface area (Å²) in [5, 5.41) is 12.9. The molecule has 154 valence electrons. The van der Waals surface area contributed by atoms with E-state index in [4.69, 9.17) is 9.78 Å². The lowest BCUT2D eigenvalue weighted by Gasteiger charge is -2.22. The second-order valence-corrected chi connectivity index (χ2v) is 7.20. The molecule has 1 aromatic heterocycles. The van der Waals surface area contributed by atoms with Crippen LogP contribution in [-0.4, -0.2) is 22.6 Å².